The summed E-state index contributed by atoms with van der Waals surface area (Å²) in [5, 5.41) is 2.53. The van der Waals surface area contributed by atoms with Gasteiger partial charge in [0, 0.05) is 5.69 Å². The standard InChI is InChI=1S/C15H16N2O3/c18-9-16-10-5-7-11(8-6-10)17-14(19)12-3-1-2-4-13(12)15(17)20/h5-9,12-13H,1-4H2,(H,16,18). The van der Waals surface area contributed by atoms with Gasteiger partial charge in [0.15, 0.2) is 0 Å². The maximum absolute atomic E-state index is 12.4. The van der Waals surface area contributed by atoms with E-state index in [9.17, 15) is 14.4 Å². The monoisotopic (exact) mass is 272 g/mol. The summed E-state index contributed by atoms with van der Waals surface area (Å²) in [5.41, 5.74) is 1.23. The molecule has 0 aromatic heterocycles. The van der Waals surface area contributed by atoms with Crippen LogP contribution in [0.1, 0.15) is 25.7 Å². The number of imide groups is 1. The maximum Gasteiger partial charge on any atom is 0.237 e. The highest BCUT2D eigenvalue weighted by Gasteiger charge is 2.48. The quantitative estimate of drug-likeness (QED) is 0.675. The normalized spacial score (nSPS) is 25.5. The molecule has 0 spiro atoms. The fraction of sp³-hybridized carbons (Fsp3) is 0.400. The predicted octanol–water partition coefficient (Wildman–Crippen LogP) is 1.93. The van der Waals surface area contributed by atoms with E-state index < -0.39 is 0 Å². The predicted molar refractivity (Wildman–Crippen MR) is 74.1 cm³/mol. The van der Waals surface area contributed by atoms with E-state index in [1.807, 2.05) is 0 Å². The van der Waals surface area contributed by atoms with Gasteiger partial charge in [0.2, 0.25) is 18.2 Å². The van der Waals surface area contributed by atoms with Crippen LogP contribution >= 0.6 is 0 Å². The zero-order valence-corrected chi connectivity index (χ0v) is 11.0. The van der Waals surface area contributed by atoms with Gasteiger partial charge in [-0.15, -0.1) is 0 Å². The highest BCUT2D eigenvalue weighted by molar-refractivity contribution is 6.22. The van der Waals surface area contributed by atoms with Gasteiger partial charge in [0.25, 0.3) is 0 Å². The van der Waals surface area contributed by atoms with E-state index in [4.69, 9.17) is 0 Å². The molecule has 1 saturated carbocycles. The van der Waals surface area contributed by atoms with Crippen molar-refractivity contribution < 1.29 is 14.4 Å². The molecule has 2 unspecified atom stereocenters. The van der Waals surface area contributed by atoms with Crippen molar-refractivity contribution in [1.82, 2.24) is 0 Å². The minimum atomic E-state index is -0.135. The Morgan fingerprint density at radius 1 is 1.00 bits per heavy atom. The average molecular weight is 272 g/mol. The van der Waals surface area contributed by atoms with Gasteiger partial charge in [-0.25, -0.2) is 0 Å². The Balaban J connectivity index is 1.87. The first-order valence-electron chi connectivity index (χ1n) is 6.90. The minimum Gasteiger partial charge on any atom is -0.329 e. The number of nitrogens with zero attached hydrogens (tertiary/aromatic N) is 1. The van der Waals surface area contributed by atoms with Crippen molar-refractivity contribution >= 4 is 29.6 Å². The van der Waals surface area contributed by atoms with Crippen LogP contribution in [0.25, 0.3) is 0 Å². The molecule has 2 aliphatic rings. The van der Waals surface area contributed by atoms with Gasteiger partial charge in [-0.1, -0.05) is 12.8 Å². The lowest BCUT2D eigenvalue weighted by molar-refractivity contribution is -0.122. The van der Waals surface area contributed by atoms with E-state index >= 15 is 0 Å². The third-order valence-electron chi connectivity index (χ3n) is 4.19. The molecule has 1 aromatic carbocycles. The number of amides is 3. The fourth-order valence-electron chi connectivity index (χ4n) is 3.19. The molecule has 2 fully saturated rings. The highest BCUT2D eigenvalue weighted by atomic mass is 16.2. The number of benzene rings is 1. The van der Waals surface area contributed by atoms with E-state index in [0.29, 0.717) is 17.8 Å². The molecule has 1 aliphatic carbocycles. The number of anilines is 2. The molecule has 0 bridgehead atoms. The van der Waals surface area contributed by atoms with E-state index in [2.05, 4.69) is 5.32 Å². The van der Waals surface area contributed by atoms with Gasteiger partial charge in [-0.2, -0.15) is 0 Å². The number of nitrogens with one attached hydrogen (secondary N) is 1. The van der Waals surface area contributed by atoms with Crippen LogP contribution in [0.15, 0.2) is 24.3 Å². The molecular weight excluding hydrogens is 256 g/mol. The van der Waals surface area contributed by atoms with Crippen molar-refractivity contribution in [2.24, 2.45) is 11.8 Å². The zero-order chi connectivity index (χ0) is 14.1. The van der Waals surface area contributed by atoms with Gasteiger partial charge < -0.3 is 5.32 Å². The molecule has 2 atom stereocenters. The molecule has 3 amide bonds. The molecule has 5 nitrogen and oxygen atoms in total. The number of carbonyl (C=O) groups excluding carboxylic acids is 3. The maximum atomic E-state index is 12.4. The number of rotatable bonds is 3. The largest absolute Gasteiger partial charge is 0.329 e. The molecule has 104 valence electrons. The van der Waals surface area contributed by atoms with Crippen molar-refractivity contribution in [2.75, 3.05) is 10.2 Å². The van der Waals surface area contributed by atoms with Gasteiger partial charge >= 0.3 is 0 Å². The first-order chi connectivity index (χ1) is 9.72. The Hall–Kier alpha value is -2.17. The van der Waals surface area contributed by atoms with Crippen molar-refractivity contribution in [2.45, 2.75) is 25.7 Å². The number of hydrogen-bond acceptors (Lipinski definition) is 3. The van der Waals surface area contributed by atoms with Crippen LogP contribution in [0.2, 0.25) is 0 Å². The summed E-state index contributed by atoms with van der Waals surface area (Å²) in [7, 11) is 0. The van der Waals surface area contributed by atoms with Crippen LogP contribution < -0.4 is 10.2 Å². The third-order valence-corrected chi connectivity index (χ3v) is 4.19. The van der Waals surface area contributed by atoms with Crippen LogP contribution in [0.5, 0.6) is 0 Å². The number of fused-ring (bicyclic) bond motifs is 1. The third kappa shape index (κ3) is 1.99. The number of hydrogen-bond donors (Lipinski definition) is 1. The molecular formula is C15H16N2O3. The Kier molecular flexibility index (Phi) is 3.26. The summed E-state index contributed by atoms with van der Waals surface area (Å²) in [4.78, 5) is 36.5. The molecule has 1 saturated heterocycles. The summed E-state index contributed by atoms with van der Waals surface area (Å²) in [6.07, 6.45) is 4.27. The summed E-state index contributed by atoms with van der Waals surface area (Å²) < 4.78 is 0. The second kappa shape index (κ2) is 5.07. The summed E-state index contributed by atoms with van der Waals surface area (Å²) in [6, 6.07) is 6.76. The van der Waals surface area contributed by atoms with Gasteiger partial charge in [-0.05, 0) is 37.1 Å². The Morgan fingerprint density at radius 2 is 1.55 bits per heavy atom. The first-order valence-corrected chi connectivity index (χ1v) is 6.90. The lowest BCUT2D eigenvalue weighted by Gasteiger charge is -2.19. The molecule has 1 heterocycles. The van der Waals surface area contributed by atoms with Crippen molar-refractivity contribution in [3.63, 3.8) is 0 Å². The summed E-state index contributed by atoms with van der Waals surface area (Å²) >= 11 is 0. The highest BCUT2D eigenvalue weighted by Crippen LogP contribution is 2.40. The van der Waals surface area contributed by atoms with Crippen LogP contribution in [-0.4, -0.2) is 18.2 Å². The van der Waals surface area contributed by atoms with E-state index in [1.54, 1.807) is 24.3 Å². The van der Waals surface area contributed by atoms with Crippen molar-refractivity contribution in [3.8, 4) is 0 Å². The first kappa shape index (κ1) is 12.8. The van der Waals surface area contributed by atoms with Crippen LogP contribution in [0, 0.1) is 11.8 Å². The second-order valence-electron chi connectivity index (χ2n) is 5.32. The molecule has 3 rings (SSSR count). The lowest BCUT2D eigenvalue weighted by atomic mass is 9.81. The molecule has 0 radical (unpaired) electrons. The van der Waals surface area contributed by atoms with Crippen molar-refractivity contribution in [3.05, 3.63) is 24.3 Å². The topological polar surface area (TPSA) is 66.5 Å². The Morgan fingerprint density at radius 3 is 2.05 bits per heavy atom. The van der Waals surface area contributed by atoms with E-state index in [-0.39, 0.29) is 23.7 Å². The molecule has 1 aliphatic heterocycles. The molecule has 1 N–H and O–H groups in total. The van der Waals surface area contributed by atoms with Crippen LogP contribution in [0.4, 0.5) is 11.4 Å². The average Bonchev–Trinajstić information content (AvgIpc) is 2.73. The van der Waals surface area contributed by atoms with Gasteiger partial charge in [0.05, 0.1) is 17.5 Å². The molecule has 20 heavy (non-hydrogen) atoms. The van der Waals surface area contributed by atoms with E-state index in [0.717, 1.165) is 25.7 Å². The lowest BCUT2D eigenvalue weighted by Crippen LogP contribution is -2.30. The van der Waals surface area contributed by atoms with Gasteiger partial charge in [-0.3, -0.25) is 19.3 Å². The molecule has 5 heteroatoms. The zero-order valence-electron chi connectivity index (χ0n) is 11.0. The van der Waals surface area contributed by atoms with E-state index in [1.165, 1.54) is 4.90 Å². The molecule has 1 aromatic rings. The minimum absolute atomic E-state index is 0.0733. The van der Waals surface area contributed by atoms with Crippen LogP contribution in [0.3, 0.4) is 0 Å². The van der Waals surface area contributed by atoms with Crippen LogP contribution in [-0.2, 0) is 14.4 Å². The Labute approximate surface area is 116 Å². The smallest absolute Gasteiger partial charge is 0.237 e. The number of carbonyl (C=O) groups is 3. The SMILES string of the molecule is O=CNc1ccc(N2C(=O)C3CCCCC3C2=O)cc1. The summed E-state index contributed by atoms with van der Waals surface area (Å²) in [6.45, 7) is 0. The Bertz CT molecular complexity index is 529. The van der Waals surface area contributed by atoms with Gasteiger partial charge in [0.1, 0.15) is 0 Å². The van der Waals surface area contributed by atoms with Crippen molar-refractivity contribution in [1.29, 1.82) is 0 Å². The summed E-state index contributed by atoms with van der Waals surface area (Å²) in [5.74, 6) is -0.417. The second-order valence-corrected chi connectivity index (χ2v) is 5.32. The fourth-order valence-corrected chi connectivity index (χ4v) is 3.19.